The molecule has 0 radical (unpaired) electrons. The highest BCUT2D eigenvalue weighted by molar-refractivity contribution is 5.91. The van der Waals surface area contributed by atoms with Crippen LogP contribution in [0.3, 0.4) is 0 Å². The number of amides is 1. The second-order valence-electron chi connectivity index (χ2n) is 5.49. The van der Waals surface area contributed by atoms with Crippen LogP contribution in [-0.2, 0) is 6.42 Å². The first-order valence-corrected chi connectivity index (χ1v) is 7.65. The molecule has 1 aromatic heterocycles. The smallest absolute Gasteiger partial charge is 0.268 e. The van der Waals surface area contributed by atoms with Crippen molar-refractivity contribution in [3.05, 3.63) is 71.5 Å². The van der Waals surface area contributed by atoms with Gasteiger partial charge < -0.3 is 5.73 Å². The molecule has 4 heteroatoms. The molecular formula is C19H19N3O. The summed E-state index contributed by atoms with van der Waals surface area (Å²) in [6.07, 6.45) is 2.63. The highest BCUT2D eigenvalue weighted by Gasteiger charge is 2.17. The van der Waals surface area contributed by atoms with Crippen molar-refractivity contribution in [1.29, 1.82) is 0 Å². The molecule has 116 valence electrons. The number of hydrogen-bond acceptors (Lipinski definition) is 2. The molecule has 0 bridgehead atoms. The predicted molar refractivity (Wildman–Crippen MR) is 91.6 cm³/mol. The summed E-state index contributed by atoms with van der Waals surface area (Å²) in [5, 5.41) is 0. The highest BCUT2D eigenvalue weighted by Crippen LogP contribution is 2.27. The third-order valence-electron chi connectivity index (χ3n) is 3.93. The number of nitrogens with two attached hydrogens (primary N) is 1. The minimum Gasteiger partial charge on any atom is -0.364 e. The van der Waals surface area contributed by atoms with Crippen LogP contribution in [0.1, 0.15) is 28.5 Å². The average Bonchev–Trinajstić information content (AvgIpc) is 3.00. The van der Waals surface area contributed by atoms with Crippen LogP contribution in [-0.4, -0.2) is 15.5 Å². The zero-order valence-corrected chi connectivity index (χ0v) is 13.3. The van der Waals surface area contributed by atoms with Gasteiger partial charge >= 0.3 is 0 Å². The van der Waals surface area contributed by atoms with Crippen molar-refractivity contribution in [2.45, 2.75) is 20.3 Å². The second kappa shape index (κ2) is 6.08. The van der Waals surface area contributed by atoms with Gasteiger partial charge in [-0.15, -0.1) is 0 Å². The summed E-state index contributed by atoms with van der Waals surface area (Å²) in [5.41, 5.74) is 10.1. The van der Waals surface area contributed by atoms with E-state index in [4.69, 9.17) is 5.73 Å². The SMILES string of the molecule is CCc1cccc(C)c1-n1cc(C(N)=O)nc1-c1ccccc1. The number of carbonyl (C=O) groups excluding carboxylic acids is 1. The molecule has 3 rings (SSSR count). The minimum atomic E-state index is -0.521. The van der Waals surface area contributed by atoms with Gasteiger partial charge in [-0.3, -0.25) is 9.36 Å². The third kappa shape index (κ3) is 2.75. The molecule has 1 heterocycles. The van der Waals surface area contributed by atoms with E-state index >= 15 is 0 Å². The quantitative estimate of drug-likeness (QED) is 0.802. The van der Waals surface area contributed by atoms with E-state index < -0.39 is 5.91 Å². The maximum atomic E-state index is 11.6. The van der Waals surface area contributed by atoms with Crippen LogP contribution in [0.25, 0.3) is 17.1 Å². The molecule has 0 spiro atoms. The van der Waals surface area contributed by atoms with Crippen LogP contribution < -0.4 is 5.73 Å². The maximum absolute atomic E-state index is 11.6. The van der Waals surface area contributed by atoms with E-state index in [0.717, 1.165) is 29.1 Å². The molecule has 0 aliphatic heterocycles. The number of carbonyl (C=O) groups is 1. The Morgan fingerprint density at radius 3 is 2.52 bits per heavy atom. The van der Waals surface area contributed by atoms with Crippen LogP contribution in [0.4, 0.5) is 0 Å². The number of nitrogens with zero attached hydrogens (tertiary/aromatic N) is 2. The van der Waals surface area contributed by atoms with Gasteiger partial charge in [0.2, 0.25) is 0 Å². The zero-order chi connectivity index (χ0) is 16.4. The van der Waals surface area contributed by atoms with Crippen molar-refractivity contribution in [2.75, 3.05) is 0 Å². The van der Waals surface area contributed by atoms with E-state index in [2.05, 4.69) is 31.0 Å². The van der Waals surface area contributed by atoms with E-state index in [9.17, 15) is 4.79 Å². The van der Waals surface area contributed by atoms with Gasteiger partial charge in [-0.25, -0.2) is 4.98 Å². The number of para-hydroxylation sites is 1. The Morgan fingerprint density at radius 1 is 1.13 bits per heavy atom. The molecule has 2 aromatic carbocycles. The molecule has 0 fully saturated rings. The normalized spacial score (nSPS) is 10.7. The summed E-state index contributed by atoms with van der Waals surface area (Å²) in [6.45, 7) is 4.18. The number of aryl methyl sites for hydroxylation is 2. The first-order valence-electron chi connectivity index (χ1n) is 7.65. The van der Waals surface area contributed by atoms with Gasteiger partial charge in [0, 0.05) is 11.8 Å². The Labute approximate surface area is 135 Å². The minimum absolute atomic E-state index is 0.272. The molecule has 3 aromatic rings. The summed E-state index contributed by atoms with van der Waals surface area (Å²) in [4.78, 5) is 16.1. The maximum Gasteiger partial charge on any atom is 0.268 e. The summed E-state index contributed by atoms with van der Waals surface area (Å²) < 4.78 is 1.98. The first kappa shape index (κ1) is 15.0. The van der Waals surface area contributed by atoms with Gasteiger partial charge in [-0.05, 0) is 24.5 Å². The second-order valence-corrected chi connectivity index (χ2v) is 5.49. The summed E-state index contributed by atoms with van der Waals surface area (Å²) in [7, 11) is 0. The standard InChI is InChI=1S/C19H19N3O/c1-3-14-11-7-8-13(2)17(14)22-12-16(18(20)23)21-19(22)15-9-5-4-6-10-15/h4-12H,3H2,1-2H3,(H2,20,23). The lowest BCUT2D eigenvalue weighted by atomic mass is 10.1. The van der Waals surface area contributed by atoms with Crippen molar-refractivity contribution in [3.8, 4) is 17.1 Å². The number of rotatable bonds is 4. The predicted octanol–water partition coefficient (Wildman–Crippen LogP) is 3.51. The number of imidazole rings is 1. The van der Waals surface area contributed by atoms with Crippen molar-refractivity contribution in [2.24, 2.45) is 5.73 Å². The van der Waals surface area contributed by atoms with Crippen LogP contribution in [0.2, 0.25) is 0 Å². The topological polar surface area (TPSA) is 60.9 Å². The van der Waals surface area contributed by atoms with E-state index in [0.29, 0.717) is 0 Å². The highest BCUT2D eigenvalue weighted by atomic mass is 16.1. The van der Waals surface area contributed by atoms with Gasteiger partial charge in [-0.1, -0.05) is 55.5 Å². The van der Waals surface area contributed by atoms with Gasteiger partial charge in [-0.2, -0.15) is 0 Å². The zero-order valence-electron chi connectivity index (χ0n) is 13.3. The van der Waals surface area contributed by atoms with Crippen LogP contribution >= 0.6 is 0 Å². The van der Waals surface area contributed by atoms with E-state index in [1.165, 1.54) is 5.56 Å². The lowest BCUT2D eigenvalue weighted by Gasteiger charge is -2.15. The lowest BCUT2D eigenvalue weighted by Crippen LogP contribution is -2.11. The summed E-state index contributed by atoms with van der Waals surface area (Å²) >= 11 is 0. The average molecular weight is 305 g/mol. The molecule has 0 aliphatic rings. The molecule has 0 unspecified atom stereocenters. The van der Waals surface area contributed by atoms with Gasteiger partial charge in [0.25, 0.3) is 5.91 Å². The molecular weight excluding hydrogens is 286 g/mol. The Kier molecular flexibility index (Phi) is 3.98. The molecule has 2 N–H and O–H groups in total. The summed E-state index contributed by atoms with van der Waals surface area (Å²) in [6, 6.07) is 16.0. The molecule has 1 amide bonds. The Hall–Kier alpha value is -2.88. The number of primary amides is 1. The molecule has 0 saturated heterocycles. The first-order chi connectivity index (χ1) is 11.1. The number of benzene rings is 2. The third-order valence-corrected chi connectivity index (χ3v) is 3.93. The van der Waals surface area contributed by atoms with E-state index in [1.807, 2.05) is 41.0 Å². The van der Waals surface area contributed by atoms with Crippen molar-refractivity contribution < 1.29 is 4.79 Å². The van der Waals surface area contributed by atoms with Gasteiger partial charge in [0.1, 0.15) is 11.5 Å². The van der Waals surface area contributed by atoms with Crippen LogP contribution in [0.5, 0.6) is 0 Å². The molecule has 0 saturated carbocycles. The monoisotopic (exact) mass is 305 g/mol. The van der Waals surface area contributed by atoms with E-state index in [1.54, 1.807) is 6.20 Å². The largest absolute Gasteiger partial charge is 0.364 e. The molecule has 0 aliphatic carbocycles. The molecule has 0 atom stereocenters. The fraction of sp³-hybridized carbons (Fsp3) is 0.158. The Morgan fingerprint density at radius 2 is 1.87 bits per heavy atom. The summed E-state index contributed by atoms with van der Waals surface area (Å²) in [5.74, 6) is 0.205. The Bertz CT molecular complexity index is 850. The number of aromatic nitrogens is 2. The van der Waals surface area contributed by atoms with Crippen LogP contribution in [0, 0.1) is 6.92 Å². The van der Waals surface area contributed by atoms with Crippen LogP contribution in [0.15, 0.2) is 54.7 Å². The number of hydrogen-bond donors (Lipinski definition) is 1. The fourth-order valence-corrected chi connectivity index (χ4v) is 2.81. The lowest BCUT2D eigenvalue weighted by molar-refractivity contribution is 0.0996. The van der Waals surface area contributed by atoms with Gasteiger partial charge in [0.15, 0.2) is 0 Å². The molecule has 4 nitrogen and oxygen atoms in total. The van der Waals surface area contributed by atoms with Crippen molar-refractivity contribution >= 4 is 5.91 Å². The Balaban J connectivity index is 2.30. The molecule has 23 heavy (non-hydrogen) atoms. The van der Waals surface area contributed by atoms with Crippen molar-refractivity contribution in [1.82, 2.24) is 9.55 Å². The van der Waals surface area contributed by atoms with E-state index in [-0.39, 0.29) is 5.69 Å². The van der Waals surface area contributed by atoms with Crippen molar-refractivity contribution in [3.63, 3.8) is 0 Å². The van der Waals surface area contributed by atoms with Gasteiger partial charge in [0.05, 0.1) is 5.69 Å². The fourth-order valence-electron chi connectivity index (χ4n) is 2.81.